The van der Waals surface area contributed by atoms with Gasteiger partial charge in [-0.05, 0) is 12.1 Å². The van der Waals surface area contributed by atoms with Gasteiger partial charge in [0.15, 0.2) is 0 Å². The van der Waals surface area contributed by atoms with Gasteiger partial charge in [0.05, 0.1) is 22.3 Å². The molecule has 0 atom stereocenters. The van der Waals surface area contributed by atoms with Gasteiger partial charge in [0.2, 0.25) is 15.8 Å². The molecule has 3 rings (SSSR count). The van der Waals surface area contributed by atoms with E-state index in [9.17, 15) is 8.42 Å². The number of hydrogen-bond donors (Lipinski definition) is 1. The van der Waals surface area contributed by atoms with Crippen LogP contribution in [-0.4, -0.2) is 28.3 Å². The van der Waals surface area contributed by atoms with Gasteiger partial charge >= 0.3 is 0 Å². The molecule has 0 aliphatic rings. The third kappa shape index (κ3) is 3.05. The molecule has 10 heteroatoms. The lowest BCUT2D eigenvalue weighted by Crippen LogP contribution is -2.11. The maximum Gasteiger partial charge on any atom is 0.261 e. The molecule has 0 aliphatic heterocycles. The molecule has 0 unspecified atom stereocenters. The van der Waals surface area contributed by atoms with E-state index >= 15 is 0 Å². The summed E-state index contributed by atoms with van der Waals surface area (Å²) >= 11 is 3.39. The van der Waals surface area contributed by atoms with E-state index in [1.807, 2.05) is 7.05 Å². The second kappa shape index (κ2) is 5.87. The first-order valence-corrected chi connectivity index (χ1v) is 9.11. The maximum absolute atomic E-state index is 11.4. The molecular weight excluding hydrogens is 386 g/mol. The number of aryl methyl sites for hydroxylation is 1. The minimum atomic E-state index is -3.79. The van der Waals surface area contributed by atoms with Gasteiger partial charge in [-0.25, -0.2) is 13.6 Å². The van der Waals surface area contributed by atoms with Crippen LogP contribution in [0, 0.1) is 0 Å². The van der Waals surface area contributed by atoms with E-state index in [1.54, 1.807) is 23.0 Å². The van der Waals surface area contributed by atoms with Crippen LogP contribution in [-0.2, 0) is 22.4 Å². The van der Waals surface area contributed by atoms with Crippen molar-refractivity contribution in [2.75, 3.05) is 0 Å². The van der Waals surface area contributed by atoms with Gasteiger partial charge in [0, 0.05) is 17.9 Å². The van der Waals surface area contributed by atoms with E-state index in [0.717, 1.165) is 5.69 Å². The highest BCUT2D eigenvalue weighted by Crippen LogP contribution is 2.26. The first-order valence-electron chi connectivity index (χ1n) is 6.44. The average Bonchev–Trinajstić information content (AvgIpc) is 3.12. The number of halogens is 1. The van der Waals surface area contributed by atoms with Crippen LogP contribution in [0.4, 0.5) is 0 Å². The second-order valence-corrected chi connectivity index (χ2v) is 6.88. The molecule has 23 heavy (non-hydrogen) atoms. The Morgan fingerprint density at radius 2 is 2.17 bits per heavy atom. The fourth-order valence-electron chi connectivity index (χ4n) is 2.06. The highest BCUT2D eigenvalue weighted by molar-refractivity contribution is 9.08. The summed E-state index contributed by atoms with van der Waals surface area (Å²) in [7, 11) is -1.98. The third-order valence-corrected chi connectivity index (χ3v) is 4.71. The molecule has 3 aromatic rings. The molecule has 0 aliphatic carbocycles. The number of nitrogens with two attached hydrogens (primary N) is 1. The van der Waals surface area contributed by atoms with Crippen LogP contribution in [0.2, 0.25) is 0 Å². The molecule has 1 aromatic carbocycles. The van der Waals surface area contributed by atoms with Crippen molar-refractivity contribution in [3.05, 3.63) is 36.2 Å². The van der Waals surface area contributed by atoms with Crippen LogP contribution in [0.15, 0.2) is 39.9 Å². The van der Waals surface area contributed by atoms with E-state index in [2.05, 4.69) is 31.2 Å². The molecule has 0 spiro atoms. The Labute approximate surface area is 140 Å². The highest BCUT2D eigenvalue weighted by Gasteiger charge is 2.18. The Morgan fingerprint density at radius 3 is 2.87 bits per heavy atom. The van der Waals surface area contributed by atoms with Gasteiger partial charge in [-0.15, -0.1) is 0 Å². The van der Waals surface area contributed by atoms with Crippen molar-refractivity contribution in [2.24, 2.45) is 12.2 Å². The van der Waals surface area contributed by atoms with E-state index in [4.69, 9.17) is 9.66 Å². The first-order chi connectivity index (χ1) is 10.9. The monoisotopic (exact) mass is 397 g/mol. The summed E-state index contributed by atoms with van der Waals surface area (Å²) in [6.07, 6.45) is 1.63. The standard InChI is InChI=1S/C13H12BrN5O3S/c1-19-11(6-14)10(7-16-19)13-17-12(18-22-13)8-3-2-4-9(5-8)23(15,20)21/h2-5,7H,6H2,1H3,(H2,15,20,21). The normalized spacial score (nSPS) is 11.8. The first kappa shape index (κ1) is 15.8. The molecule has 0 radical (unpaired) electrons. The molecule has 2 heterocycles. The average molecular weight is 398 g/mol. The van der Waals surface area contributed by atoms with Crippen LogP contribution in [0.25, 0.3) is 22.8 Å². The summed E-state index contributed by atoms with van der Waals surface area (Å²) in [5.41, 5.74) is 2.10. The Morgan fingerprint density at radius 1 is 1.39 bits per heavy atom. The number of sulfonamides is 1. The van der Waals surface area contributed by atoms with Gasteiger partial charge in [-0.3, -0.25) is 4.68 Å². The lowest BCUT2D eigenvalue weighted by molar-refractivity contribution is 0.432. The SMILES string of the molecule is Cn1ncc(-c2nc(-c3cccc(S(N)(=O)=O)c3)no2)c1CBr. The molecule has 120 valence electrons. The number of aromatic nitrogens is 4. The van der Waals surface area contributed by atoms with E-state index in [1.165, 1.54) is 12.1 Å². The quantitative estimate of drug-likeness (QED) is 0.669. The number of nitrogens with zero attached hydrogens (tertiary/aromatic N) is 4. The number of primary sulfonamides is 1. The molecule has 0 fully saturated rings. The van der Waals surface area contributed by atoms with Crippen LogP contribution in [0.1, 0.15) is 5.69 Å². The maximum atomic E-state index is 11.4. The van der Waals surface area contributed by atoms with Crippen LogP contribution in [0.5, 0.6) is 0 Å². The number of alkyl halides is 1. The van der Waals surface area contributed by atoms with Gasteiger partial charge in [0.1, 0.15) is 0 Å². The predicted molar refractivity (Wildman–Crippen MR) is 85.9 cm³/mol. The zero-order valence-electron chi connectivity index (χ0n) is 12.0. The summed E-state index contributed by atoms with van der Waals surface area (Å²) < 4.78 is 29.8. The Hall–Kier alpha value is -2.04. The summed E-state index contributed by atoms with van der Waals surface area (Å²) in [6.45, 7) is 0. The van der Waals surface area contributed by atoms with Crippen molar-refractivity contribution in [3.63, 3.8) is 0 Å². The van der Waals surface area contributed by atoms with Crippen molar-refractivity contribution in [2.45, 2.75) is 10.2 Å². The summed E-state index contributed by atoms with van der Waals surface area (Å²) in [6, 6.07) is 6.06. The van der Waals surface area contributed by atoms with Gasteiger partial charge in [-0.2, -0.15) is 10.1 Å². The zero-order valence-corrected chi connectivity index (χ0v) is 14.4. The summed E-state index contributed by atoms with van der Waals surface area (Å²) in [4.78, 5) is 4.30. The van der Waals surface area contributed by atoms with Crippen molar-refractivity contribution in [3.8, 4) is 22.8 Å². The predicted octanol–water partition coefficient (Wildman–Crippen LogP) is 1.68. The Bertz CT molecular complexity index is 964. The van der Waals surface area contributed by atoms with Crippen LogP contribution >= 0.6 is 15.9 Å². The number of benzene rings is 1. The smallest absolute Gasteiger partial charge is 0.261 e. The van der Waals surface area contributed by atoms with Gasteiger partial charge in [0.25, 0.3) is 5.89 Å². The van der Waals surface area contributed by atoms with E-state index in [-0.39, 0.29) is 10.7 Å². The van der Waals surface area contributed by atoms with Crippen molar-refractivity contribution in [1.82, 2.24) is 19.9 Å². The zero-order chi connectivity index (χ0) is 16.6. The third-order valence-electron chi connectivity index (χ3n) is 3.27. The van der Waals surface area contributed by atoms with Crippen LogP contribution < -0.4 is 5.14 Å². The Kier molecular flexibility index (Phi) is 4.04. The highest BCUT2D eigenvalue weighted by atomic mass is 79.9. The van der Waals surface area contributed by atoms with Gasteiger partial charge < -0.3 is 4.52 Å². The van der Waals surface area contributed by atoms with Crippen molar-refractivity contribution >= 4 is 26.0 Å². The van der Waals surface area contributed by atoms with Crippen molar-refractivity contribution < 1.29 is 12.9 Å². The second-order valence-electron chi connectivity index (χ2n) is 4.76. The molecule has 0 bridgehead atoms. The number of rotatable bonds is 4. The molecule has 8 nitrogen and oxygen atoms in total. The minimum absolute atomic E-state index is 0.0103. The molecule has 0 saturated heterocycles. The van der Waals surface area contributed by atoms with Crippen molar-refractivity contribution in [1.29, 1.82) is 0 Å². The lowest BCUT2D eigenvalue weighted by atomic mass is 10.2. The van der Waals surface area contributed by atoms with E-state index < -0.39 is 10.0 Å². The lowest BCUT2D eigenvalue weighted by Gasteiger charge is -1.99. The molecule has 0 saturated carbocycles. The fourth-order valence-corrected chi connectivity index (χ4v) is 3.29. The molecular formula is C13H12BrN5O3S. The molecule has 2 aromatic heterocycles. The largest absolute Gasteiger partial charge is 0.333 e. The number of hydrogen-bond acceptors (Lipinski definition) is 6. The summed E-state index contributed by atoms with van der Waals surface area (Å²) in [5, 5.41) is 13.8. The van der Waals surface area contributed by atoms with E-state index in [0.29, 0.717) is 22.3 Å². The Balaban J connectivity index is 2.03. The minimum Gasteiger partial charge on any atom is -0.333 e. The summed E-state index contributed by atoms with van der Waals surface area (Å²) in [5.74, 6) is 0.582. The fraction of sp³-hybridized carbons (Fsp3) is 0.154. The van der Waals surface area contributed by atoms with Crippen LogP contribution in [0.3, 0.4) is 0 Å². The van der Waals surface area contributed by atoms with Gasteiger partial charge in [-0.1, -0.05) is 33.2 Å². The molecule has 2 N–H and O–H groups in total. The topological polar surface area (TPSA) is 117 Å². The molecule has 0 amide bonds.